The van der Waals surface area contributed by atoms with Crippen molar-refractivity contribution in [2.75, 3.05) is 18.0 Å². The van der Waals surface area contributed by atoms with E-state index < -0.39 is 0 Å². The Morgan fingerprint density at radius 2 is 2.29 bits per heavy atom. The molecule has 6 heteroatoms. The van der Waals surface area contributed by atoms with Gasteiger partial charge in [-0.3, -0.25) is 4.68 Å². The largest absolute Gasteiger partial charge is 0.354 e. The quantitative estimate of drug-likeness (QED) is 0.862. The number of aromatic nitrogens is 4. The Balaban J connectivity index is 1.75. The number of rotatable bonds is 3. The van der Waals surface area contributed by atoms with Crippen LogP contribution in [0.25, 0.3) is 0 Å². The second-order valence-corrected chi connectivity index (χ2v) is 5.64. The molecule has 0 spiro atoms. The molecule has 0 aromatic carbocycles. The second-order valence-electron chi connectivity index (χ2n) is 5.64. The summed E-state index contributed by atoms with van der Waals surface area (Å²) in [5.41, 5.74) is 0.609. The van der Waals surface area contributed by atoms with Crippen LogP contribution >= 0.6 is 0 Å². The van der Waals surface area contributed by atoms with Gasteiger partial charge in [0.05, 0.1) is 17.8 Å². The number of nitriles is 1. The summed E-state index contributed by atoms with van der Waals surface area (Å²) in [6.45, 7) is 6.00. The Labute approximate surface area is 124 Å². The molecule has 1 fully saturated rings. The number of nitrogens with zero attached hydrogens (tertiary/aromatic N) is 6. The fourth-order valence-corrected chi connectivity index (χ4v) is 2.58. The van der Waals surface area contributed by atoms with E-state index in [1.54, 1.807) is 6.20 Å². The smallest absolute Gasteiger partial charge is 0.133 e. The molecule has 0 amide bonds. The molecule has 1 aliphatic heterocycles. The highest BCUT2D eigenvalue weighted by Crippen LogP contribution is 2.26. The highest BCUT2D eigenvalue weighted by atomic mass is 15.3. The fraction of sp³-hybridized carbons (Fsp3) is 0.467. The maximum Gasteiger partial charge on any atom is 0.133 e. The predicted octanol–water partition coefficient (Wildman–Crippen LogP) is 2.12. The SMILES string of the molecule is CC(C)c1nccc(N2CCC(n3cc(C#N)cn3)C2)n1. The first-order valence-corrected chi connectivity index (χ1v) is 7.19. The molecule has 108 valence electrons. The molecule has 1 saturated heterocycles. The van der Waals surface area contributed by atoms with Crippen LogP contribution in [0, 0.1) is 11.3 Å². The normalized spacial score (nSPS) is 18.2. The summed E-state index contributed by atoms with van der Waals surface area (Å²) in [6.07, 6.45) is 6.26. The van der Waals surface area contributed by atoms with Crippen molar-refractivity contribution < 1.29 is 0 Å². The Morgan fingerprint density at radius 1 is 1.43 bits per heavy atom. The third-order valence-corrected chi connectivity index (χ3v) is 3.77. The van der Waals surface area contributed by atoms with Gasteiger partial charge < -0.3 is 4.90 Å². The summed E-state index contributed by atoms with van der Waals surface area (Å²) in [6, 6.07) is 4.37. The molecule has 1 aliphatic rings. The zero-order valence-corrected chi connectivity index (χ0v) is 12.3. The highest BCUT2D eigenvalue weighted by Gasteiger charge is 2.25. The Hall–Kier alpha value is -2.42. The van der Waals surface area contributed by atoms with Crippen LogP contribution in [0.15, 0.2) is 24.7 Å². The second kappa shape index (κ2) is 5.52. The maximum absolute atomic E-state index is 8.88. The average molecular weight is 282 g/mol. The zero-order chi connectivity index (χ0) is 14.8. The number of hydrogen-bond donors (Lipinski definition) is 0. The zero-order valence-electron chi connectivity index (χ0n) is 12.3. The van der Waals surface area contributed by atoms with Crippen molar-refractivity contribution in [1.29, 1.82) is 5.26 Å². The third-order valence-electron chi connectivity index (χ3n) is 3.77. The lowest BCUT2D eigenvalue weighted by atomic mass is 10.2. The van der Waals surface area contributed by atoms with Crippen LogP contribution in [-0.4, -0.2) is 32.8 Å². The minimum Gasteiger partial charge on any atom is -0.354 e. The molecule has 6 nitrogen and oxygen atoms in total. The van der Waals surface area contributed by atoms with Crippen molar-refractivity contribution >= 4 is 5.82 Å². The standard InChI is InChI=1S/C15H18N6/c1-11(2)15-17-5-3-14(19-15)20-6-4-13(10-20)21-9-12(7-16)8-18-21/h3,5,8-9,11,13H,4,6,10H2,1-2H3. The van der Waals surface area contributed by atoms with Crippen LogP contribution in [0.4, 0.5) is 5.82 Å². The van der Waals surface area contributed by atoms with Gasteiger partial charge in [0, 0.05) is 31.4 Å². The van der Waals surface area contributed by atoms with Crippen LogP contribution in [-0.2, 0) is 0 Å². The lowest BCUT2D eigenvalue weighted by molar-refractivity contribution is 0.494. The topological polar surface area (TPSA) is 70.6 Å². The fourth-order valence-electron chi connectivity index (χ4n) is 2.58. The first-order chi connectivity index (χ1) is 10.2. The first kappa shape index (κ1) is 13.6. The van der Waals surface area contributed by atoms with Gasteiger partial charge in [0.2, 0.25) is 0 Å². The first-order valence-electron chi connectivity index (χ1n) is 7.19. The summed E-state index contributed by atoms with van der Waals surface area (Å²) in [4.78, 5) is 11.2. The van der Waals surface area contributed by atoms with Gasteiger partial charge in [0.25, 0.3) is 0 Å². The van der Waals surface area contributed by atoms with Crippen LogP contribution in [0.1, 0.15) is 43.6 Å². The minimum atomic E-state index is 0.296. The number of hydrogen-bond acceptors (Lipinski definition) is 5. The molecule has 3 heterocycles. The van der Waals surface area contributed by atoms with E-state index in [0.29, 0.717) is 17.5 Å². The molecule has 21 heavy (non-hydrogen) atoms. The summed E-state index contributed by atoms with van der Waals surface area (Å²) < 4.78 is 1.89. The van der Waals surface area contributed by atoms with E-state index in [9.17, 15) is 0 Å². The maximum atomic E-state index is 8.88. The van der Waals surface area contributed by atoms with Crippen molar-refractivity contribution in [2.45, 2.75) is 32.2 Å². The molecule has 0 radical (unpaired) electrons. The van der Waals surface area contributed by atoms with Gasteiger partial charge in [0.1, 0.15) is 17.7 Å². The van der Waals surface area contributed by atoms with Crippen LogP contribution in [0.2, 0.25) is 0 Å². The van der Waals surface area contributed by atoms with E-state index in [4.69, 9.17) is 5.26 Å². The van der Waals surface area contributed by atoms with E-state index in [1.807, 2.05) is 23.1 Å². The van der Waals surface area contributed by atoms with E-state index >= 15 is 0 Å². The molecule has 2 aromatic heterocycles. The van der Waals surface area contributed by atoms with Crippen LogP contribution in [0.5, 0.6) is 0 Å². The third kappa shape index (κ3) is 2.72. The summed E-state index contributed by atoms with van der Waals surface area (Å²) in [7, 11) is 0. The molecular weight excluding hydrogens is 264 g/mol. The van der Waals surface area contributed by atoms with Gasteiger partial charge in [0.15, 0.2) is 0 Å². The Bertz CT molecular complexity index is 669. The van der Waals surface area contributed by atoms with Crippen LogP contribution < -0.4 is 4.90 Å². The predicted molar refractivity (Wildman–Crippen MR) is 78.9 cm³/mol. The highest BCUT2D eigenvalue weighted by molar-refractivity contribution is 5.39. The average Bonchev–Trinajstić information content (AvgIpc) is 3.16. The molecule has 2 aromatic rings. The van der Waals surface area contributed by atoms with Crippen molar-refractivity contribution in [3.63, 3.8) is 0 Å². The molecule has 0 bridgehead atoms. The number of anilines is 1. The molecule has 1 atom stereocenters. The van der Waals surface area contributed by atoms with Crippen molar-refractivity contribution in [1.82, 2.24) is 19.7 Å². The van der Waals surface area contributed by atoms with Gasteiger partial charge in [-0.2, -0.15) is 10.4 Å². The van der Waals surface area contributed by atoms with Gasteiger partial charge >= 0.3 is 0 Å². The Morgan fingerprint density at radius 3 is 3.00 bits per heavy atom. The Kier molecular flexibility index (Phi) is 3.57. The monoisotopic (exact) mass is 282 g/mol. The molecule has 0 aliphatic carbocycles. The van der Waals surface area contributed by atoms with Crippen molar-refractivity contribution in [3.05, 3.63) is 36.0 Å². The summed E-state index contributed by atoms with van der Waals surface area (Å²) in [5.74, 6) is 2.18. The molecular formula is C15H18N6. The molecule has 1 unspecified atom stereocenters. The van der Waals surface area contributed by atoms with E-state index in [0.717, 1.165) is 31.2 Å². The van der Waals surface area contributed by atoms with Gasteiger partial charge in [-0.15, -0.1) is 0 Å². The lowest BCUT2D eigenvalue weighted by Crippen LogP contribution is -2.22. The van der Waals surface area contributed by atoms with Crippen LogP contribution in [0.3, 0.4) is 0 Å². The lowest BCUT2D eigenvalue weighted by Gasteiger charge is -2.18. The van der Waals surface area contributed by atoms with Gasteiger partial charge in [-0.25, -0.2) is 9.97 Å². The molecule has 0 saturated carbocycles. The molecule has 0 N–H and O–H groups in total. The minimum absolute atomic E-state index is 0.296. The summed E-state index contributed by atoms with van der Waals surface area (Å²) >= 11 is 0. The van der Waals surface area contributed by atoms with Gasteiger partial charge in [-0.05, 0) is 12.5 Å². The summed E-state index contributed by atoms with van der Waals surface area (Å²) in [5, 5.41) is 13.2. The van der Waals surface area contributed by atoms with Crippen molar-refractivity contribution in [3.8, 4) is 6.07 Å². The molecule has 3 rings (SSSR count). The van der Waals surface area contributed by atoms with E-state index in [2.05, 4.69) is 39.9 Å². The van der Waals surface area contributed by atoms with Crippen molar-refractivity contribution in [2.24, 2.45) is 0 Å². The van der Waals surface area contributed by atoms with E-state index in [1.165, 1.54) is 0 Å². The van der Waals surface area contributed by atoms with Gasteiger partial charge in [-0.1, -0.05) is 13.8 Å². The van der Waals surface area contributed by atoms with E-state index in [-0.39, 0.29) is 0 Å².